The number of aromatic amines is 1. The van der Waals surface area contributed by atoms with Crippen molar-refractivity contribution < 1.29 is 5.11 Å². The Morgan fingerprint density at radius 3 is 2.67 bits per heavy atom. The Morgan fingerprint density at radius 2 is 2.06 bits per heavy atom. The van der Waals surface area contributed by atoms with Gasteiger partial charge in [0, 0.05) is 20.6 Å². The van der Waals surface area contributed by atoms with Gasteiger partial charge < -0.3 is 15.4 Å². The molecule has 0 bridgehead atoms. The summed E-state index contributed by atoms with van der Waals surface area (Å²) in [6.45, 7) is 1.93. The molecule has 0 amide bonds. The first-order valence-corrected chi connectivity index (χ1v) is 5.49. The molecule has 0 aromatic carbocycles. The summed E-state index contributed by atoms with van der Waals surface area (Å²) in [5, 5.41) is 12.0. The minimum Gasteiger partial charge on any atom is -0.392 e. The first-order chi connectivity index (χ1) is 8.41. The second-order valence-corrected chi connectivity index (χ2v) is 4.22. The quantitative estimate of drug-likeness (QED) is 0.634. The lowest BCUT2D eigenvalue weighted by atomic mass is 10.4. The zero-order chi connectivity index (χ0) is 13.4. The Kier molecular flexibility index (Phi) is 2.95. The topological polar surface area (TPSA) is 105 Å². The van der Waals surface area contributed by atoms with Gasteiger partial charge in [0.05, 0.1) is 6.10 Å². The van der Waals surface area contributed by atoms with Crippen molar-refractivity contribution >= 4 is 17.1 Å². The molecule has 0 aliphatic heterocycles. The minimum absolute atomic E-state index is 0.257. The number of H-pyrrole nitrogens is 1. The van der Waals surface area contributed by atoms with Crippen LogP contribution in [0, 0.1) is 0 Å². The molecule has 0 radical (unpaired) electrons. The molecule has 2 heterocycles. The maximum atomic E-state index is 11.9. The number of nitrogens with one attached hydrogen (secondary N) is 2. The first kappa shape index (κ1) is 12.4. The molecule has 0 fully saturated rings. The predicted molar refractivity (Wildman–Crippen MR) is 66.7 cm³/mol. The summed E-state index contributed by atoms with van der Waals surface area (Å²) in [5.41, 5.74) is -0.310. The molecule has 2 aromatic heterocycles. The fraction of sp³-hybridized carbons (Fsp3) is 0.500. The minimum atomic E-state index is -0.537. The second-order valence-electron chi connectivity index (χ2n) is 4.22. The zero-order valence-electron chi connectivity index (χ0n) is 10.4. The van der Waals surface area contributed by atoms with Crippen molar-refractivity contribution in [3.63, 3.8) is 0 Å². The van der Waals surface area contributed by atoms with E-state index in [0.717, 1.165) is 4.57 Å². The number of anilines is 1. The molecule has 1 atom stereocenters. The Balaban J connectivity index is 2.58. The third-order valence-corrected chi connectivity index (χ3v) is 2.66. The van der Waals surface area contributed by atoms with Crippen molar-refractivity contribution in [3.8, 4) is 0 Å². The van der Waals surface area contributed by atoms with E-state index < -0.39 is 17.4 Å². The maximum absolute atomic E-state index is 11.9. The number of aliphatic hydroxyl groups is 1. The van der Waals surface area contributed by atoms with Crippen LogP contribution in [0.4, 0.5) is 5.95 Å². The van der Waals surface area contributed by atoms with Crippen molar-refractivity contribution in [1.29, 1.82) is 0 Å². The van der Waals surface area contributed by atoms with Gasteiger partial charge in [-0.25, -0.2) is 4.79 Å². The number of fused-ring (bicyclic) bond motifs is 1. The number of aryl methyl sites for hydroxylation is 1. The van der Waals surface area contributed by atoms with E-state index in [1.54, 1.807) is 14.0 Å². The molecule has 2 rings (SSSR count). The number of aromatic nitrogens is 4. The molecule has 18 heavy (non-hydrogen) atoms. The van der Waals surface area contributed by atoms with E-state index in [2.05, 4.69) is 15.3 Å². The average Bonchev–Trinajstić information content (AvgIpc) is 2.75. The van der Waals surface area contributed by atoms with Crippen LogP contribution in [0.25, 0.3) is 11.2 Å². The summed E-state index contributed by atoms with van der Waals surface area (Å²) in [5.74, 6) is 0.351. The standard InChI is InChI=1S/C10H15N5O3/c1-5(16)4-11-9-12-6-7(13-9)14(2)10(18)15(3)8(6)17/h5,16H,4H2,1-3H3,(H2,11,12,13)/t5-/m1/s1. The van der Waals surface area contributed by atoms with Gasteiger partial charge in [-0.3, -0.25) is 13.9 Å². The van der Waals surface area contributed by atoms with Gasteiger partial charge in [-0.15, -0.1) is 0 Å². The highest BCUT2D eigenvalue weighted by molar-refractivity contribution is 5.72. The van der Waals surface area contributed by atoms with Gasteiger partial charge in [-0.2, -0.15) is 4.98 Å². The Hall–Kier alpha value is -2.09. The van der Waals surface area contributed by atoms with E-state index in [-0.39, 0.29) is 11.2 Å². The Morgan fingerprint density at radius 1 is 1.39 bits per heavy atom. The van der Waals surface area contributed by atoms with Crippen LogP contribution < -0.4 is 16.6 Å². The number of hydrogen-bond donors (Lipinski definition) is 3. The van der Waals surface area contributed by atoms with Crippen molar-refractivity contribution in [3.05, 3.63) is 20.8 Å². The second kappa shape index (κ2) is 4.30. The van der Waals surface area contributed by atoms with Crippen LogP contribution in [-0.2, 0) is 14.1 Å². The number of aliphatic hydroxyl groups excluding tert-OH is 1. The first-order valence-electron chi connectivity index (χ1n) is 5.49. The van der Waals surface area contributed by atoms with E-state index in [4.69, 9.17) is 5.11 Å². The summed E-state index contributed by atoms with van der Waals surface area (Å²) in [6, 6.07) is 0. The van der Waals surface area contributed by atoms with Gasteiger partial charge in [0.15, 0.2) is 11.2 Å². The number of rotatable bonds is 3. The number of nitrogens with zero attached hydrogens (tertiary/aromatic N) is 3. The summed E-state index contributed by atoms with van der Waals surface area (Å²) in [4.78, 5) is 30.5. The van der Waals surface area contributed by atoms with Crippen LogP contribution in [0.2, 0.25) is 0 Å². The SMILES string of the molecule is C[C@@H](O)CNc1nc2c([nH]1)c(=O)n(C)c(=O)n2C. The van der Waals surface area contributed by atoms with E-state index in [1.165, 1.54) is 11.6 Å². The number of hydrogen-bond acceptors (Lipinski definition) is 5. The highest BCUT2D eigenvalue weighted by Gasteiger charge is 2.13. The third kappa shape index (κ3) is 1.90. The lowest BCUT2D eigenvalue weighted by Gasteiger charge is -2.03. The van der Waals surface area contributed by atoms with Gasteiger partial charge >= 0.3 is 5.69 Å². The van der Waals surface area contributed by atoms with Crippen LogP contribution in [0.1, 0.15) is 6.92 Å². The molecule has 3 N–H and O–H groups in total. The third-order valence-electron chi connectivity index (χ3n) is 2.66. The van der Waals surface area contributed by atoms with Gasteiger partial charge in [-0.1, -0.05) is 0 Å². The van der Waals surface area contributed by atoms with Gasteiger partial charge in [0.2, 0.25) is 5.95 Å². The fourth-order valence-electron chi connectivity index (χ4n) is 1.65. The van der Waals surface area contributed by atoms with Crippen LogP contribution in [-0.4, -0.2) is 36.9 Å². The molecule has 0 aliphatic carbocycles. The summed E-state index contributed by atoms with van der Waals surface area (Å²) in [7, 11) is 2.96. The van der Waals surface area contributed by atoms with Crippen molar-refractivity contribution in [2.24, 2.45) is 14.1 Å². The summed E-state index contributed by atoms with van der Waals surface area (Å²) >= 11 is 0. The molecule has 98 valence electrons. The van der Waals surface area contributed by atoms with E-state index in [1.807, 2.05) is 0 Å². The molecule has 0 saturated carbocycles. The molecular weight excluding hydrogens is 238 g/mol. The molecule has 0 spiro atoms. The van der Waals surface area contributed by atoms with Crippen molar-refractivity contribution in [2.75, 3.05) is 11.9 Å². The van der Waals surface area contributed by atoms with Crippen LogP contribution >= 0.6 is 0 Å². The molecule has 8 heteroatoms. The zero-order valence-corrected chi connectivity index (χ0v) is 10.4. The van der Waals surface area contributed by atoms with Gasteiger partial charge in [0.1, 0.15) is 0 Å². The highest BCUT2D eigenvalue weighted by Crippen LogP contribution is 2.07. The smallest absolute Gasteiger partial charge is 0.332 e. The molecule has 0 unspecified atom stereocenters. The van der Waals surface area contributed by atoms with Crippen LogP contribution in [0.15, 0.2) is 9.59 Å². The van der Waals surface area contributed by atoms with Gasteiger partial charge in [0.25, 0.3) is 5.56 Å². The molecule has 2 aromatic rings. The highest BCUT2D eigenvalue weighted by atomic mass is 16.3. The molecular formula is C10H15N5O3. The predicted octanol–water partition coefficient (Wildman–Crippen LogP) is -1.25. The number of imidazole rings is 1. The summed E-state index contributed by atoms with van der Waals surface area (Å²) < 4.78 is 2.31. The monoisotopic (exact) mass is 253 g/mol. The van der Waals surface area contributed by atoms with Crippen molar-refractivity contribution in [2.45, 2.75) is 13.0 Å². The van der Waals surface area contributed by atoms with E-state index in [0.29, 0.717) is 12.5 Å². The average molecular weight is 253 g/mol. The van der Waals surface area contributed by atoms with Crippen LogP contribution in [0.3, 0.4) is 0 Å². The maximum Gasteiger partial charge on any atom is 0.332 e. The fourth-order valence-corrected chi connectivity index (χ4v) is 1.65. The van der Waals surface area contributed by atoms with E-state index in [9.17, 15) is 9.59 Å². The Labute approximate surface area is 102 Å². The normalized spacial score (nSPS) is 12.9. The lowest BCUT2D eigenvalue weighted by Crippen LogP contribution is -2.36. The van der Waals surface area contributed by atoms with Crippen molar-refractivity contribution in [1.82, 2.24) is 19.1 Å². The lowest BCUT2D eigenvalue weighted by molar-refractivity contribution is 0.208. The van der Waals surface area contributed by atoms with E-state index >= 15 is 0 Å². The summed E-state index contributed by atoms with van der Waals surface area (Å²) in [6.07, 6.45) is -0.537. The van der Waals surface area contributed by atoms with Gasteiger partial charge in [-0.05, 0) is 6.92 Å². The largest absolute Gasteiger partial charge is 0.392 e. The molecule has 0 saturated heterocycles. The molecule has 8 nitrogen and oxygen atoms in total. The van der Waals surface area contributed by atoms with Crippen LogP contribution in [0.5, 0.6) is 0 Å². The Bertz CT molecular complexity index is 694. The molecule has 0 aliphatic rings.